The molecule has 0 aliphatic carbocycles. The van der Waals surface area contributed by atoms with Crippen molar-refractivity contribution in [3.8, 4) is 0 Å². The average molecular weight is 370 g/mol. The van der Waals surface area contributed by atoms with Crippen molar-refractivity contribution in [1.29, 1.82) is 0 Å². The molecule has 2 heterocycles. The zero-order valence-corrected chi connectivity index (χ0v) is 14.2. The summed E-state index contributed by atoms with van der Waals surface area (Å²) in [6.07, 6.45) is -0.00683. The van der Waals surface area contributed by atoms with Gasteiger partial charge in [0.2, 0.25) is 11.8 Å². The van der Waals surface area contributed by atoms with Crippen LogP contribution in [0.25, 0.3) is 10.4 Å². The maximum Gasteiger partial charge on any atom is 0.264 e. The van der Waals surface area contributed by atoms with Crippen molar-refractivity contribution in [3.63, 3.8) is 0 Å². The van der Waals surface area contributed by atoms with Gasteiger partial charge in [-0.25, -0.2) is 0 Å². The first-order valence-corrected chi connectivity index (χ1v) is 7.96. The molecule has 2 aliphatic rings. The number of carbonyl (C=O) groups excluding carboxylic acids is 5. The quantitative estimate of drug-likeness (QED) is 0.345. The molecule has 2 N–H and O–H groups in total. The molecule has 1 fully saturated rings. The number of hydrogen-bond donors (Lipinski definition) is 2. The summed E-state index contributed by atoms with van der Waals surface area (Å²) in [5.74, 6) is -3.30. The fourth-order valence-corrected chi connectivity index (χ4v) is 3.13. The number of imide groups is 2. The summed E-state index contributed by atoms with van der Waals surface area (Å²) >= 11 is 0. The minimum absolute atomic E-state index is 0.00170. The molecule has 0 radical (unpaired) electrons. The Kier molecular flexibility index (Phi) is 4.38. The van der Waals surface area contributed by atoms with Gasteiger partial charge < -0.3 is 5.32 Å². The highest BCUT2D eigenvalue weighted by molar-refractivity contribution is 6.26. The van der Waals surface area contributed by atoms with Gasteiger partial charge in [-0.15, -0.1) is 0 Å². The van der Waals surface area contributed by atoms with Gasteiger partial charge in [0.15, 0.2) is 0 Å². The molecule has 3 rings (SSSR count). The number of benzene rings is 1. The topological polar surface area (TPSA) is 161 Å². The molecule has 0 spiro atoms. The van der Waals surface area contributed by atoms with Crippen LogP contribution in [0.3, 0.4) is 0 Å². The number of azide groups is 1. The molecule has 138 valence electrons. The van der Waals surface area contributed by atoms with Crippen LogP contribution in [-0.4, -0.2) is 46.5 Å². The Morgan fingerprint density at radius 2 is 2.07 bits per heavy atom. The van der Waals surface area contributed by atoms with Crippen LogP contribution < -0.4 is 10.6 Å². The van der Waals surface area contributed by atoms with Gasteiger partial charge in [0.1, 0.15) is 12.1 Å². The van der Waals surface area contributed by atoms with Crippen molar-refractivity contribution in [2.24, 2.45) is 5.11 Å². The number of fused-ring (bicyclic) bond motifs is 1. The first-order valence-electron chi connectivity index (χ1n) is 7.96. The Morgan fingerprint density at radius 3 is 2.74 bits per heavy atom. The van der Waals surface area contributed by atoms with Gasteiger partial charge in [-0.05, 0) is 31.0 Å². The van der Waals surface area contributed by atoms with Crippen molar-refractivity contribution in [2.75, 3.05) is 11.9 Å². The monoisotopic (exact) mass is 370 g/mol. The summed E-state index contributed by atoms with van der Waals surface area (Å²) in [6, 6.07) is 4.31. The van der Waals surface area contributed by atoms with Crippen molar-refractivity contribution in [1.82, 2.24) is 10.2 Å². The van der Waals surface area contributed by atoms with Crippen LogP contribution >= 0.6 is 0 Å². The molecule has 0 saturated carbocycles. The molecule has 0 unspecified atom stereocenters. The van der Waals surface area contributed by atoms with Gasteiger partial charge in [-0.2, -0.15) is 0 Å². The van der Waals surface area contributed by atoms with Gasteiger partial charge in [-0.3, -0.25) is 34.2 Å². The number of anilines is 1. The van der Waals surface area contributed by atoms with Gasteiger partial charge in [0, 0.05) is 11.3 Å². The predicted molar refractivity (Wildman–Crippen MR) is 90.4 cm³/mol. The zero-order valence-electron chi connectivity index (χ0n) is 14.2. The second kappa shape index (κ2) is 6.54. The van der Waals surface area contributed by atoms with E-state index in [1.807, 2.05) is 0 Å². The molecule has 11 heteroatoms. The summed E-state index contributed by atoms with van der Waals surface area (Å²) in [6.45, 7) is 0.935. The van der Waals surface area contributed by atoms with Crippen LogP contribution in [0, 0.1) is 0 Å². The third kappa shape index (κ3) is 2.89. The SMILES string of the molecule is C[C@]1(N2C(=O)c3cccc(NC(=O)CN=[N+]=[N-])c3C2=O)CCC(=O)NC1=O. The standard InChI is InChI=1S/C16H14N6O5/c1-16(6-5-10(23)20-15(16)27)22-13(25)8-3-2-4-9(12(8)14(22)26)19-11(24)7-18-21-17/h2-4H,5-7H2,1H3,(H,19,24)(H,20,23,27)/t16-/m0/s1. The lowest BCUT2D eigenvalue weighted by Crippen LogP contribution is -2.62. The van der Waals surface area contributed by atoms with E-state index in [2.05, 4.69) is 20.7 Å². The van der Waals surface area contributed by atoms with Gasteiger partial charge in [0.05, 0.1) is 16.8 Å². The first-order chi connectivity index (χ1) is 12.8. The summed E-state index contributed by atoms with van der Waals surface area (Å²) in [7, 11) is 0. The number of hydrogen-bond acceptors (Lipinski definition) is 6. The molecular formula is C16H14N6O5. The highest BCUT2D eigenvalue weighted by Crippen LogP contribution is 2.36. The molecule has 0 bridgehead atoms. The molecule has 1 saturated heterocycles. The minimum Gasteiger partial charge on any atom is -0.325 e. The van der Waals surface area contributed by atoms with Crippen molar-refractivity contribution < 1.29 is 24.0 Å². The van der Waals surface area contributed by atoms with Gasteiger partial charge >= 0.3 is 0 Å². The zero-order chi connectivity index (χ0) is 19.8. The Labute approximate surface area is 152 Å². The van der Waals surface area contributed by atoms with E-state index in [1.54, 1.807) is 0 Å². The average Bonchev–Trinajstić information content (AvgIpc) is 2.89. The second-order valence-corrected chi connectivity index (χ2v) is 6.26. The summed E-state index contributed by atoms with van der Waals surface area (Å²) in [5, 5.41) is 7.70. The smallest absolute Gasteiger partial charge is 0.264 e. The minimum atomic E-state index is -1.52. The van der Waals surface area contributed by atoms with Gasteiger partial charge in [-0.1, -0.05) is 11.2 Å². The van der Waals surface area contributed by atoms with E-state index in [0.29, 0.717) is 0 Å². The first kappa shape index (κ1) is 18.1. The largest absolute Gasteiger partial charge is 0.325 e. The van der Waals surface area contributed by atoms with E-state index in [1.165, 1.54) is 25.1 Å². The number of carbonyl (C=O) groups is 5. The lowest BCUT2D eigenvalue weighted by atomic mass is 9.89. The molecule has 27 heavy (non-hydrogen) atoms. The van der Waals surface area contributed by atoms with Crippen LogP contribution in [0.5, 0.6) is 0 Å². The molecule has 1 aromatic carbocycles. The van der Waals surface area contributed by atoms with Gasteiger partial charge in [0.25, 0.3) is 17.7 Å². The summed E-state index contributed by atoms with van der Waals surface area (Å²) in [4.78, 5) is 64.6. The maximum absolute atomic E-state index is 13.0. The van der Waals surface area contributed by atoms with E-state index < -0.39 is 41.6 Å². The normalized spacial score (nSPS) is 21.4. The predicted octanol–water partition coefficient (Wildman–Crippen LogP) is 0.727. The van der Waals surface area contributed by atoms with E-state index in [9.17, 15) is 24.0 Å². The number of amides is 5. The third-order valence-corrected chi connectivity index (χ3v) is 4.54. The van der Waals surface area contributed by atoms with E-state index >= 15 is 0 Å². The summed E-state index contributed by atoms with van der Waals surface area (Å²) < 4.78 is 0. The van der Waals surface area contributed by atoms with Crippen LogP contribution in [0.2, 0.25) is 0 Å². The van der Waals surface area contributed by atoms with Crippen molar-refractivity contribution in [2.45, 2.75) is 25.3 Å². The Morgan fingerprint density at radius 1 is 1.33 bits per heavy atom. The fourth-order valence-electron chi connectivity index (χ4n) is 3.13. The number of rotatable bonds is 4. The molecule has 1 atom stereocenters. The third-order valence-electron chi connectivity index (χ3n) is 4.54. The van der Waals surface area contributed by atoms with Crippen LogP contribution in [0.4, 0.5) is 5.69 Å². The van der Waals surface area contributed by atoms with Crippen LogP contribution in [0.15, 0.2) is 23.3 Å². The molecule has 2 aliphatic heterocycles. The Balaban J connectivity index is 1.97. The Bertz CT molecular complexity index is 951. The molecule has 1 aromatic rings. The van der Waals surface area contributed by atoms with Crippen LogP contribution in [0.1, 0.15) is 40.5 Å². The second-order valence-electron chi connectivity index (χ2n) is 6.26. The number of piperidine rings is 1. The molecular weight excluding hydrogens is 356 g/mol. The number of nitrogens with one attached hydrogen (secondary N) is 2. The highest BCUT2D eigenvalue weighted by atomic mass is 16.2. The van der Waals surface area contributed by atoms with Crippen LogP contribution in [-0.2, 0) is 14.4 Å². The van der Waals surface area contributed by atoms with Crippen molar-refractivity contribution in [3.05, 3.63) is 39.8 Å². The molecule has 0 aromatic heterocycles. The summed E-state index contributed by atoms with van der Waals surface area (Å²) in [5.41, 5.74) is 6.81. The lowest BCUT2D eigenvalue weighted by molar-refractivity contribution is -0.141. The van der Waals surface area contributed by atoms with E-state index in [4.69, 9.17) is 5.53 Å². The molecule has 5 amide bonds. The molecule has 11 nitrogen and oxygen atoms in total. The highest BCUT2D eigenvalue weighted by Gasteiger charge is 2.53. The fraction of sp³-hybridized carbons (Fsp3) is 0.312. The maximum atomic E-state index is 13.0. The van der Waals surface area contributed by atoms with E-state index in [-0.39, 0.29) is 29.7 Å². The van der Waals surface area contributed by atoms with E-state index in [0.717, 1.165) is 4.90 Å². The lowest BCUT2D eigenvalue weighted by Gasteiger charge is -2.38. The van der Waals surface area contributed by atoms with Crippen molar-refractivity contribution >= 4 is 35.2 Å². The number of nitrogens with zero attached hydrogens (tertiary/aromatic N) is 4. The Hall–Kier alpha value is -3.72.